The summed E-state index contributed by atoms with van der Waals surface area (Å²) in [6.07, 6.45) is 8.94. The van der Waals surface area contributed by atoms with Crippen LogP contribution in [0.25, 0.3) is 0 Å². The molecular formula is C27H39N3O2. The van der Waals surface area contributed by atoms with E-state index < -0.39 is 0 Å². The van der Waals surface area contributed by atoms with Gasteiger partial charge in [0.25, 0.3) is 0 Å². The number of benzene rings is 1. The molecule has 0 N–H and O–H groups in total. The zero-order chi connectivity index (χ0) is 22.0. The first-order valence-corrected chi connectivity index (χ1v) is 12.5. The quantitative estimate of drug-likeness (QED) is 0.648. The monoisotopic (exact) mass is 437 g/mol. The molecule has 5 nitrogen and oxygen atoms in total. The molecule has 5 heteroatoms. The van der Waals surface area contributed by atoms with Gasteiger partial charge in [0.05, 0.1) is 25.7 Å². The van der Waals surface area contributed by atoms with E-state index in [2.05, 4.69) is 52.8 Å². The van der Waals surface area contributed by atoms with Crippen LogP contribution < -0.4 is 9.80 Å². The number of piperazine rings is 1. The van der Waals surface area contributed by atoms with Gasteiger partial charge in [0.15, 0.2) is 0 Å². The molecule has 1 aliphatic carbocycles. The summed E-state index contributed by atoms with van der Waals surface area (Å²) < 4.78 is 10.9. The van der Waals surface area contributed by atoms with Crippen molar-refractivity contribution in [1.82, 2.24) is 4.90 Å². The van der Waals surface area contributed by atoms with Crippen molar-refractivity contribution in [1.29, 1.82) is 0 Å². The summed E-state index contributed by atoms with van der Waals surface area (Å²) in [7, 11) is 0. The van der Waals surface area contributed by atoms with Crippen molar-refractivity contribution in [2.24, 2.45) is 5.41 Å². The Bertz CT molecular complexity index is 855. The van der Waals surface area contributed by atoms with Crippen LogP contribution in [0.3, 0.4) is 0 Å². The Hall–Kier alpha value is -1.98. The highest BCUT2D eigenvalue weighted by Gasteiger charge is 2.31. The molecule has 32 heavy (non-hydrogen) atoms. The maximum atomic E-state index is 5.60. The Morgan fingerprint density at radius 1 is 0.906 bits per heavy atom. The number of rotatable bonds is 5. The van der Waals surface area contributed by atoms with Crippen LogP contribution in [0.15, 0.2) is 41.2 Å². The Labute approximate surface area is 193 Å². The van der Waals surface area contributed by atoms with Crippen LogP contribution in [0.1, 0.15) is 56.6 Å². The number of ether oxygens (including phenoxy) is 1. The molecule has 2 saturated heterocycles. The van der Waals surface area contributed by atoms with Crippen LogP contribution in [-0.2, 0) is 11.3 Å². The molecule has 5 rings (SSSR count). The number of morpholine rings is 1. The SMILES string of the molecule is CC1(C)CCC(c2cc(N3CCOCC3)ccc2N2CCN(Cc3ccoc3)CC2)CC1. The highest BCUT2D eigenvalue weighted by atomic mass is 16.5. The largest absolute Gasteiger partial charge is 0.472 e. The highest BCUT2D eigenvalue weighted by molar-refractivity contribution is 5.63. The smallest absolute Gasteiger partial charge is 0.0947 e. The molecule has 0 amide bonds. The van der Waals surface area contributed by atoms with E-state index >= 15 is 0 Å². The van der Waals surface area contributed by atoms with Crippen molar-refractivity contribution in [2.75, 3.05) is 62.3 Å². The first-order chi connectivity index (χ1) is 15.6. The summed E-state index contributed by atoms with van der Waals surface area (Å²) in [5.41, 5.74) is 6.23. The molecule has 0 radical (unpaired) electrons. The van der Waals surface area contributed by atoms with Crippen LogP contribution in [0.5, 0.6) is 0 Å². The Kier molecular flexibility index (Phi) is 6.47. The van der Waals surface area contributed by atoms with Crippen molar-refractivity contribution < 1.29 is 9.15 Å². The van der Waals surface area contributed by atoms with Gasteiger partial charge >= 0.3 is 0 Å². The van der Waals surface area contributed by atoms with Crippen molar-refractivity contribution in [2.45, 2.75) is 52.0 Å². The zero-order valence-corrected chi connectivity index (χ0v) is 19.9. The van der Waals surface area contributed by atoms with Crippen LogP contribution in [0.2, 0.25) is 0 Å². The van der Waals surface area contributed by atoms with Crippen molar-refractivity contribution in [3.05, 3.63) is 47.9 Å². The van der Waals surface area contributed by atoms with Crippen molar-refractivity contribution in [3.63, 3.8) is 0 Å². The van der Waals surface area contributed by atoms with Gasteiger partial charge in [0, 0.05) is 62.8 Å². The first-order valence-electron chi connectivity index (χ1n) is 12.5. The molecule has 3 aliphatic rings. The fourth-order valence-electron chi connectivity index (χ4n) is 5.67. The standard InChI is InChI=1S/C27H39N3O2/c1-27(2)8-5-23(6-9-27)25-19-24(29-14-17-31-18-15-29)3-4-26(25)30-12-10-28(11-13-30)20-22-7-16-32-21-22/h3-4,7,16,19,21,23H,5-6,8-15,17-18,20H2,1-2H3. The number of hydrogen-bond acceptors (Lipinski definition) is 5. The molecule has 0 bridgehead atoms. The molecule has 1 saturated carbocycles. The van der Waals surface area contributed by atoms with Gasteiger partial charge in [-0.2, -0.15) is 0 Å². The van der Waals surface area contributed by atoms with Gasteiger partial charge in [-0.3, -0.25) is 4.90 Å². The fourth-order valence-corrected chi connectivity index (χ4v) is 5.67. The molecule has 2 aromatic rings. The Balaban J connectivity index is 1.33. The van der Waals surface area contributed by atoms with Gasteiger partial charge < -0.3 is 19.0 Å². The molecule has 0 unspecified atom stereocenters. The third-order valence-electron chi connectivity index (χ3n) is 7.87. The predicted molar refractivity (Wildman–Crippen MR) is 131 cm³/mol. The summed E-state index contributed by atoms with van der Waals surface area (Å²) in [4.78, 5) is 7.70. The van der Waals surface area contributed by atoms with Crippen molar-refractivity contribution >= 4 is 11.4 Å². The van der Waals surface area contributed by atoms with Gasteiger partial charge in [-0.05, 0) is 66.8 Å². The second-order valence-electron chi connectivity index (χ2n) is 10.7. The van der Waals surface area contributed by atoms with E-state index in [0.29, 0.717) is 11.3 Å². The third kappa shape index (κ3) is 4.99. The second kappa shape index (κ2) is 9.48. The van der Waals surface area contributed by atoms with E-state index in [4.69, 9.17) is 9.15 Å². The molecule has 1 aromatic heterocycles. The van der Waals surface area contributed by atoms with Crippen molar-refractivity contribution in [3.8, 4) is 0 Å². The highest BCUT2D eigenvalue weighted by Crippen LogP contribution is 2.45. The van der Waals surface area contributed by atoms with E-state index in [-0.39, 0.29) is 0 Å². The van der Waals surface area contributed by atoms with Crippen LogP contribution in [-0.4, -0.2) is 57.4 Å². The molecule has 3 fully saturated rings. The molecule has 2 aliphatic heterocycles. The van der Waals surface area contributed by atoms with Gasteiger partial charge in [0.2, 0.25) is 0 Å². The minimum atomic E-state index is 0.497. The normalized spacial score (nSPS) is 22.9. The lowest BCUT2D eigenvalue weighted by atomic mass is 9.71. The lowest BCUT2D eigenvalue weighted by molar-refractivity contribution is 0.122. The second-order valence-corrected chi connectivity index (χ2v) is 10.7. The summed E-state index contributed by atoms with van der Waals surface area (Å²) in [5.74, 6) is 0.683. The summed E-state index contributed by atoms with van der Waals surface area (Å²) in [6.45, 7) is 14.0. The van der Waals surface area contributed by atoms with Crippen LogP contribution in [0.4, 0.5) is 11.4 Å². The zero-order valence-electron chi connectivity index (χ0n) is 19.9. The average molecular weight is 438 g/mol. The molecular weight excluding hydrogens is 398 g/mol. The number of hydrogen-bond donors (Lipinski definition) is 0. The number of nitrogens with zero attached hydrogens (tertiary/aromatic N) is 3. The molecule has 1 aromatic carbocycles. The van der Waals surface area contributed by atoms with E-state index in [9.17, 15) is 0 Å². The molecule has 0 atom stereocenters. The maximum Gasteiger partial charge on any atom is 0.0947 e. The van der Waals surface area contributed by atoms with E-state index in [1.54, 1.807) is 11.8 Å². The van der Waals surface area contributed by atoms with Crippen LogP contribution >= 0.6 is 0 Å². The van der Waals surface area contributed by atoms with Gasteiger partial charge in [-0.25, -0.2) is 0 Å². The summed E-state index contributed by atoms with van der Waals surface area (Å²) >= 11 is 0. The van der Waals surface area contributed by atoms with Gasteiger partial charge in [-0.1, -0.05) is 13.8 Å². The van der Waals surface area contributed by atoms with Gasteiger partial charge in [-0.15, -0.1) is 0 Å². The average Bonchev–Trinajstić information content (AvgIpc) is 3.33. The van der Waals surface area contributed by atoms with E-state index in [0.717, 1.165) is 59.0 Å². The fraction of sp³-hybridized carbons (Fsp3) is 0.630. The first kappa shape index (κ1) is 21.8. The third-order valence-corrected chi connectivity index (χ3v) is 7.87. The summed E-state index contributed by atoms with van der Waals surface area (Å²) in [5, 5.41) is 0. The number of furan rings is 1. The lowest BCUT2D eigenvalue weighted by Crippen LogP contribution is -2.46. The Morgan fingerprint density at radius 2 is 1.66 bits per heavy atom. The Morgan fingerprint density at radius 3 is 2.34 bits per heavy atom. The summed E-state index contributed by atoms with van der Waals surface area (Å²) in [6, 6.07) is 9.39. The topological polar surface area (TPSA) is 32.1 Å². The van der Waals surface area contributed by atoms with E-state index in [1.165, 1.54) is 42.6 Å². The number of anilines is 2. The van der Waals surface area contributed by atoms with Crippen LogP contribution in [0, 0.1) is 5.41 Å². The minimum absolute atomic E-state index is 0.497. The van der Waals surface area contributed by atoms with Gasteiger partial charge in [0.1, 0.15) is 0 Å². The maximum absolute atomic E-state index is 5.60. The van der Waals surface area contributed by atoms with E-state index in [1.807, 2.05) is 6.26 Å². The minimum Gasteiger partial charge on any atom is -0.472 e. The molecule has 3 heterocycles. The predicted octanol–water partition coefficient (Wildman–Crippen LogP) is 5.12. The lowest BCUT2D eigenvalue weighted by Gasteiger charge is -2.40. The molecule has 174 valence electrons. The molecule has 0 spiro atoms.